The van der Waals surface area contributed by atoms with Crippen molar-refractivity contribution in [2.75, 3.05) is 6.61 Å². The Kier molecular flexibility index (Phi) is 7.49. The van der Waals surface area contributed by atoms with Crippen LogP contribution in [0.3, 0.4) is 0 Å². The van der Waals surface area contributed by atoms with E-state index in [9.17, 15) is 9.59 Å². The fourth-order valence-corrected chi connectivity index (χ4v) is 1.88. The van der Waals surface area contributed by atoms with Gasteiger partial charge >= 0.3 is 12.1 Å². The normalized spacial score (nSPS) is 12.0. The topological polar surface area (TPSA) is 64.6 Å². The first kappa shape index (κ1) is 19.7. The van der Waals surface area contributed by atoms with Crippen molar-refractivity contribution in [2.24, 2.45) is 0 Å². The van der Waals surface area contributed by atoms with Crippen LogP contribution >= 0.6 is 0 Å². The maximum Gasteiger partial charge on any atom is 0.408 e. The first-order chi connectivity index (χ1) is 11.2. The van der Waals surface area contributed by atoms with Crippen LogP contribution in [0, 0.1) is 0 Å². The average molecular weight is 333 g/mol. The molecule has 0 radical (unpaired) electrons. The van der Waals surface area contributed by atoms with Gasteiger partial charge in [0, 0.05) is 6.42 Å². The zero-order chi connectivity index (χ0) is 18.2. The number of carbonyl (C=O) groups excluding carboxylic acids is 2. The first-order valence-electron chi connectivity index (χ1n) is 8.01. The van der Waals surface area contributed by atoms with Gasteiger partial charge in [0.05, 0.1) is 0 Å². The number of carbonyl (C=O) groups is 2. The third kappa shape index (κ3) is 8.36. The molecule has 1 N–H and O–H groups in total. The van der Waals surface area contributed by atoms with Gasteiger partial charge in [-0.2, -0.15) is 0 Å². The molecule has 0 aliphatic rings. The van der Waals surface area contributed by atoms with Crippen LogP contribution < -0.4 is 5.32 Å². The van der Waals surface area contributed by atoms with Crippen molar-refractivity contribution in [3.63, 3.8) is 0 Å². The van der Waals surface area contributed by atoms with E-state index in [-0.39, 0.29) is 6.61 Å². The Labute approximate surface area is 144 Å². The van der Waals surface area contributed by atoms with Crippen molar-refractivity contribution in [3.05, 3.63) is 47.5 Å². The fourth-order valence-electron chi connectivity index (χ4n) is 1.88. The van der Waals surface area contributed by atoms with E-state index in [1.165, 1.54) is 0 Å². The van der Waals surface area contributed by atoms with Crippen molar-refractivity contribution in [2.45, 2.75) is 52.7 Å². The molecule has 0 fully saturated rings. The van der Waals surface area contributed by atoms with Crippen molar-refractivity contribution < 1.29 is 19.1 Å². The van der Waals surface area contributed by atoms with Crippen molar-refractivity contribution in [1.82, 2.24) is 5.32 Å². The molecule has 0 bridgehead atoms. The number of amides is 1. The van der Waals surface area contributed by atoms with Gasteiger partial charge in [-0.3, -0.25) is 0 Å². The lowest BCUT2D eigenvalue weighted by atomic mass is 10.1. The van der Waals surface area contributed by atoms with E-state index < -0.39 is 23.7 Å². The van der Waals surface area contributed by atoms with Gasteiger partial charge in [-0.15, -0.1) is 0 Å². The van der Waals surface area contributed by atoms with E-state index in [0.29, 0.717) is 6.42 Å². The molecule has 0 unspecified atom stereocenters. The zero-order valence-electron chi connectivity index (χ0n) is 15.1. The third-order valence-electron chi connectivity index (χ3n) is 2.98. The van der Waals surface area contributed by atoms with Gasteiger partial charge in [0.2, 0.25) is 0 Å². The molecule has 1 aromatic rings. The highest BCUT2D eigenvalue weighted by Crippen LogP contribution is 2.09. The van der Waals surface area contributed by atoms with E-state index in [4.69, 9.17) is 9.47 Å². The smallest absolute Gasteiger partial charge is 0.408 e. The van der Waals surface area contributed by atoms with Crippen LogP contribution in [-0.4, -0.2) is 30.3 Å². The van der Waals surface area contributed by atoms with Crippen molar-refractivity contribution in [1.29, 1.82) is 0 Å². The number of rotatable bonds is 6. The number of alkyl carbamates (subject to hydrolysis) is 1. The summed E-state index contributed by atoms with van der Waals surface area (Å²) in [6.45, 7) is 9.34. The third-order valence-corrected chi connectivity index (χ3v) is 2.98. The van der Waals surface area contributed by atoms with Crippen molar-refractivity contribution in [3.8, 4) is 0 Å². The van der Waals surface area contributed by atoms with Crippen LogP contribution in [0.2, 0.25) is 0 Å². The summed E-state index contributed by atoms with van der Waals surface area (Å²) >= 11 is 0. The largest absolute Gasteiger partial charge is 0.460 e. The highest BCUT2D eigenvalue weighted by atomic mass is 16.6. The molecule has 0 spiro atoms. The van der Waals surface area contributed by atoms with Gasteiger partial charge in [-0.25, -0.2) is 9.59 Å². The number of esters is 1. The number of hydrogen-bond donors (Lipinski definition) is 1. The van der Waals surface area contributed by atoms with Gasteiger partial charge in [0.1, 0.15) is 18.2 Å². The summed E-state index contributed by atoms with van der Waals surface area (Å²) in [5.74, 6) is -0.484. The second-order valence-electron chi connectivity index (χ2n) is 6.80. The number of hydrogen-bond acceptors (Lipinski definition) is 4. The maximum absolute atomic E-state index is 12.3. The van der Waals surface area contributed by atoms with Gasteiger partial charge in [-0.1, -0.05) is 35.9 Å². The number of ether oxygens (including phenoxy) is 2. The molecule has 24 heavy (non-hydrogen) atoms. The van der Waals surface area contributed by atoms with Crippen LogP contribution in [0.25, 0.3) is 0 Å². The molecular weight excluding hydrogens is 306 g/mol. The molecule has 132 valence electrons. The van der Waals surface area contributed by atoms with Crippen molar-refractivity contribution >= 4 is 12.1 Å². The lowest BCUT2D eigenvalue weighted by Gasteiger charge is -2.23. The molecule has 0 saturated heterocycles. The SMILES string of the molecule is CC(C)=CCOC(=O)[C@H](Cc1ccccc1)NC(=O)OC(C)(C)C. The second-order valence-corrected chi connectivity index (χ2v) is 6.80. The van der Waals surface area contributed by atoms with E-state index in [1.54, 1.807) is 20.8 Å². The van der Waals surface area contributed by atoms with Crippen LogP contribution in [0.5, 0.6) is 0 Å². The lowest BCUT2D eigenvalue weighted by molar-refractivity contribution is -0.144. The minimum atomic E-state index is -0.798. The van der Waals surface area contributed by atoms with E-state index in [1.807, 2.05) is 50.3 Å². The summed E-state index contributed by atoms with van der Waals surface area (Å²) in [6.07, 6.45) is 1.51. The summed E-state index contributed by atoms with van der Waals surface area (Å²) in [5.41, 5.74) is 1.35. The molecule has 0 saturated carbocycles. The number of nitrogens with one attached hydrogen (secondary N) is 1. The summed E-state index contributed by atoms with van der Waals surface area (Å²) in [5, 5.41) is 2.60. The Hall–Kier alpha value is -2.30. The van der Waals surface area contributed by atoms with Crippen LogP contribution in [-0.2, 0) is 20.7 Å². The summed E-state index contributed by atoms with van der Waals surface area (Å²) in [7, 11) is 0. The standard InChI is InChI=1S/C19H27NO4/c1-14(2)11-12-23-17(21)16(13-15-9-7-6-8-10-15)20-18(22)24-19(3,4)5/h6-11,16H,12-13H2,1-5H3,(H,20,22)/t16-/m0/s1. The Morgan fingerprint density at radius 1 is 1.17 bits per heavy atom. The minimum absolute atomic E-state index is 0.183. The number of benzene rings is 1. The molecule has 0 heterocycles. The van der Waals surface area contributed by atoms with Crippen LogP contribution in [0.1, 0.15) is 40.2 Å². The zero-order valence-corrected chi connectivity index (χ0v) is 15.1. The lowest BCUT2D eigenvalue weighted by Crippen LogP contribution is -2.45. The first-order valence-corrected chi connectivity index (χ1v) is 8.01. The summed E-state index contributed by atoms with van der Waals surface area (Å²) in [6, 6.07) is 8.66. The molecule has 0 aliphatic heterocycles. The van der Waals surface area contributed by atoms with Crippen LogP contribution in [0.4, 0.5) is 4.79 Å². The molecule has 0 aliphatic carbocycles. The van der Waals surface area contributed by atoms with E-state index >= 15 is 0 Å². The second kappa shape index (κ2) is 9.11. The monoisotopic (exact) mass is 333 g/mol. The highest BCUT2D eigenvalue weighted by Gasteiger charge is 2.25. The van der Waals surface area contributed by atoms with Gasteiger partial charge in [0.25, 0.3) is 0 Å². The molecular formula is C19H27NO4. The summed E-state index contributed by atoms with van der Waals surface area (Å²) in [4.78, 5) is 24.3. The Bertz CT molecular complexity index is 569. The molecule has 1 aromatic carbocycles. The Morgan fingerprint density at radius 2 is 1.79 bits per heavy atom. The Balaban J connectivity index is 2.76. The maximum atomic E-state index is 12.3. The predicted octanol–water partition coefficient (Wildman–Crippen LogP) is 3.63. The van der Waals surface area contributed by atoms with Gasteiger partial charge in [0.15, 0.2) is 0 Å². The molecule has 1 atom stereocenters. The molecule has 5 nitrogen and oxygen atoms in total. The van der Waals surface area contributed by atoms with Gasteiger partial charge < -0.3 is 14.8 Å². The average Bonchev–Trinajstić information content (AvgIpc) is 2.45. The molecule has 1 rings (SSSR count). The van der Waals surface area contributed by atoms with Gasteiger partial charge in [-0.05, 0) is 46.3 Å². The summed E-state index contributed by atoms with van der Waals surface area (Å²) < 4.78 is 10.5. The fraction of sp³-hybridized carbons (Fsp3) is 0.474. The van der Waals surface area contributed by atoms with E-state index in [0.717, 1.165) is 11.1 Å². The van der Waals surface area contributed by atoms with Crippen LogP contribution in [0.15, 0.2) is 42.0 Å². The quantitative estimate of drug-likeness (QED) is 0.638. The predicted molar refractivity (Wildman–Crippen MR) is 93.7 cm³/mol. The Morgan fingerprint density at radius 3 is 2.33 bits per heavy atom. The van der Waals surface area contributed by atoms with E-state index in [2.05, 4.69) is 5.32 Å². The molecule has 1 amide bonds. The number of allylic oxidation sites excluding steroid dienone is 1. The molecule has 5 heteroatoms. The minimum Gasteiger partial charge on any atom is -0.460 e. The highest BCUT2D eigenvalue weighted by molar-refractivity contribution is 5.81. The molecule has 0 aromatic heterocycles.